The van der Waals surface area contributed by atoms with Crippen molar-refractivity contribution in [3.8, 4) is 40.6 Å². The third-order valence-corrected chi connectivity index (χ3v) is 8.48. The van der Waals surface area contributed by atoms with Crippen LogP contribution in [0.5, 0.6) is 34.5 Å². The van der Waals surface area contributed by atoms with Gasteiger partial charge in [0.1, 0.15) is 72.6 Å². The minimum Gasteiger partial charge on any atom is -0.496 e. The second kappa shape index (κ2) is 20.6. The quantitative estimate of drug-likeness (QED) is 0.0424. The van der Waals surface area contributed by atoms with Crippen LogP contribution in [-0.4, -0.2) is 25.9 Å². The van der Waals surface area contributed by atoms with Gasteiger partial charge in [-0.3, -0.25) is 10.8 Å². The Morgan fingerprint density at radius 3 is 1.09 bits per heavy atom. The maximum absolute atomic E-state index is 8.86. The molecule has 0 unspecified atom stereocenters. The molecular formula is C46H42N6O6. The number of ether oxygens (including phenoxy) is 6. The minimum absolute atomic E-state index is 0.0352. The summed E-state index contributed by atoms with van der Waals surface area (Å²) in [6.45, 7) is 8.46. The Hall–Kier alpha value is -7.96. The van der Waals surface area contributed by atoms with Gasteiger partial charge in [-0.15, -0.1) is 0 Å². The minimum atomic E-state index is 0.0352. The Morgan fingerprint density at radius 2 is 0.810 bits per heavy atom. The van der Waals surface area contributed by atoms with Crippen molar-refractivity contribution in [1.29, 1.82) is 16.1 Å². The molecule has 6 N–H and O–H groups in total. The van der Waals surface area contributed by atoms with Gasteiger partial charge in [0.2, 0.25) is 0 Å². The Labute approximate surface area is 337 Å². The predicted molar refractivity (Wildman–Crippen MR) is 222 cm³/mol. The van der Waals surface area contributed by atoms with Gasteiger partial charge in [-0.2, -0.15) is 5.26 Å². The normalized spacial score (nSPS) is 10.1. The van der Waals surface area contributed by atoms with Crippen LogP contribution in [0, 0.1) is 28.7 Å². The van der Waals surface area contributed by atoms with Crippen molar-refractivity contribution >= 4 is 17.4 Å². The van der Waals surface area contributed by atoms with Crippen LogP contribution >= 0.6 is 0 Å². The van der Waals surface area contributed by atoms with Crippen molar-refractivity contribution in [1.82, 2.24) is 0 Å². The zero-order chi connectivity index (χ0) is 41.3. The number of hydrogen-bond donors (Lipinski definition) is 4. The molecule has 0 saturated carbocycles. The number of methoxy groups -OCH3 is 2. The number of hydrogen-bond acceptors (Lipinski definition) is 9. The van der Waals surface area contributed by atoms with Crippen molar-refractivity contribution in [3.05, 3.63) is 184 Å². The Bertz CT molecular complexity index is 2230. The van der Waals surface area contributed by atoms with Crippen molar-refractivity contribution in [2.45, 2.75) is 26.4 Å². The van der Waals surface area contributed by atoms with Gasteiger partial charge in [0.15, 0.2) is 5.69 Å². The van der Waals surface area contributed by atoms with Crippen LogP contribution in [0.25, 0.3) is 4.85 Å². The predicted octanol–water partition coefficient (Wildman–Crippen LogP) is 8.70. The molecule has 12 heteroatoms. The molecule has 0 bridgehead atoms. The molecule has 12 nitrogen and oxygen atoms in total. The first kappa shape index (κ1) is 41.2. The lowest BCUT2D eigenvalue weighted by Gasteiger charge is -2.12. The van der Waals surface area contributed by atoms with Crippen molar-refractivity contribution in [2.75, 3.05) is 14.2 Å². The van der Waals surface area contributed by atoms with E-state index in [9.17, 15) is 0 Å². The molecule has 6 aromatic carbocycles. The first-order valence-corrected chi connectivity index (χ1v) is 17.9. The highest BCUT2D eigenvalue weighted by Gasteiger charge is 2.08. The second-order valence-electron chi connectivity index (χ2n) is 12.7. The summed E-state index contributed by atoms with van der Waals surface area (Å²) < 4.78 is 34.2. The van der Waals surface area contributed by atoms with Gasteiger partial charge in [-0.1, -0.05) is 84.9 Å². The average Bonchev–Trinajstić information content (AvgIpc) is 3.26. The molecular weight excluding hydrogens is 733 g/mol. The number of nitrogens with two attached hydrogens (primary N) is 2. The standard InChI is InChI=1S/C23H24N4O3.C23H18N2O3/c1-28-19-10-20(29-13-15-2-6-17(7-3-15)22(24)25)12-21(11-19)30-14-16-4-8-18(9-5-16)23(26)27;1-25-20-9-7-19(8-10-20)16-28-23-12-21(26-2)11-22(13-23)27-15-18-5-3-17(14-24)4-6-18/h2-12H,13-14H2,1H3,(H3,24,25)(H3,26,27);3-13H,15-16H2,2H3. The molecule has 0 saturated heterocycles. The summed E-state index contributed by atoms with van der Waals surface area (Å²) in [5.41, 5.74) is 17.4. The van der Waals surface area contributed by atoms with Crippen LogP contribution in [0.15, 0.2) is 133 Å². The van der Waals surface area contributed by atoms with Gasteiger partial charge in [-0.05, 0) is 34.4 Å². The van der Waals surface area contributed by atoms with Gasteiger partial charge in [0.05, 0.1) is 32.4 Å². The maximum atomic E-state index is 8.86. The topological polar surface area (TPSA) is 183 Å². The SMILES string of the molecule is COc1cc(OCc2ccc(C(=N)N)cc2)cc(OCc2ccc(C(=N)N)cc2)c1.[C-]#[N+]c1ccc(COc2cc(OC)cc(OCc3ccc(C#N)cc3)c2)cc1. The van der Waals surface area contributed by atoms with Crippen molar-refractivity contribution in [2.24, 2.45) is 11.5 Å². The van der Waals surface area contributed by atoms with E-state index in [0.29, 0.717) is 83.3 Å². The number of nitrogen functional groups attached to an aromatic ring is 2. The zero-order valence-corrected chi connectivity index (χ0v) is 32.0. The summed E-state index contributed by atoms with van der Waals surface area (Å²) >= 11 is 0. The fourth-order valence-electron chi connectivity index (χ4n) is 5.23. The molecule has 6 aromatic rings. The number of benzene rings is 6. The third kappa shape index (κ3) is 12.5. The van der Waals surface area contributed by atoms with Crippen LogP contribution in [0.1, 0.15) is 38.9 Å². The maximum Gasteiger partial charge on any atom is 0.187 e. The monoisotopic (exact) mass is 774 g/mol. The Balaban J connectivity index is 0.000000221. The molecule has 0 aliphatic carbocycles. The molecule has 0 fully saturated rings. The van der Waals surface area contributed by atoms with Gasteiger partial charge >= 0.3 is 0 Å². The van der Waals surface area contributed by atoms with E-state index in [2.05, 4.69) is 10.9 Å². The fourth-order valence-corrected chi connectivity index (χ4v) is 5.23. The van der Waals surface area contributed by atoms with Crippen LogP contribution in [0.4, 0.5) is 5.69 Å². The van der Waals surface area contributed by atoms with Gasteiger partial charge in [-0.25, -0.2) is 4.85 Å². The molecule has 0 radical (unpaired) electrons. The molecule has 0 amide bonds. The first-order valence-electron chi connectivity index (χ1n) is 17.9. The highest BCUT2D eigenvalue weighted by atomic mass is 16.5. The molecule has 6 rings (SSSR count). The molecule has 0 aliphatic rings. The number of rotatable bonds is 16. The molecule has 58 heavy (non-hydrogen) atoms. The van der Waals surface area contributed by atoms with Gasteiger partial charge < -0.3 is 39.9 Å². The average molecular weight is 775 g/mol. The van der Waals surface area contributed by atoms with E-state index in [4.69, 9.17) is 62.5 Å². The lowest BCUT2D eigenvalue weighted by Crippen LogP contribution is -2.10. The second-order valence-corrected chi connectivity index (χ2v) is 12.7. The van der Waals surface area contributed by atoms with E-state index >= 15 is 0 Å². The number of amidine groups is 2. The molecule has 292 valence electrons. The lowest BCUT2D eigenvalue weighted by molar-refractivity contribution is 0.285. The van der Waals surface area contributed by atoms with Crippen molar-refractivity contribution < 1.29 is 28.4 Å². The summed E-state index contributed by atoms with van der Waals surface area (Å²) in [6.07, 6.45) is 0. The van der Waals surface area contributed by atoms with Crippen LogP contribution < -0.4 is 39.9 Å². The Kier molecular flexibility index (Phi) is 14.7. The van der Waals surface area contributed by atoms with E-state index < -0.39 is 0 Å². The Morgan fingerprint density at radius 1 is 0.517 bits per heavy atom. The summed E-state index contributed by atoms with van der Waals surface area (Å²) in [5.74, 6) is 3.82. The van der Waals surface area contributed by atoms with Crippen LogP contribution in [0.3, 0.4) is 0 Å². The van der Waals surface area contributed by atoms with E-state index in [-0.39, 0.29) is 11.7 Å². The van der Waals surface area contributed by atoms with Gasteiger partial charge in [0.25, 0.3) is 0 Å². The molecule has 0 aromatic heterocycles. The molecule has 0 heterocycles. The smallest absolute Gasteiger partial charge is 0.187 e. The highest BCUT2D eigenvalue weighted by Crippen LogP contribution is 2.30. The zero-order valence-electron chi connectivity index (χ0n) is 32.0. The number of nitrogens with one attached hydrogen (secondary N) is 2. The first-order chi connectivity index (χ1) is 28.1. The molecule has 0 spiro atoms. The van der Waals surface area contributed by atoms with E-state index in [1.54, 1.807) is 99.1 Å². The lowest BCUT2D eigenvalue weighted by atomic mass is 10.1. The summed E-state index contributed by atoms with van der Waals surface area (Å²) in [7, 11) is 3.18. The third-order valence-electron chi connectivity index (χ3n) is 8.48. The van der Waals surface area contributed by atoms with E-state index in [0.717, 1.165) is 22.3 Å². The summed E-state index contributed by atoms with van der Waals surface area (Å²) in [4.78, 5) is 3.38. The molecule has 0 atom stereocenters. The highest BCUT2D eigenvalue weighted by molar-refractivity contribution is 5.95. The summed E-state index contributed by atoms with van der Waals surface area (Å²) in [5, 5.41) is 23.8. The number of nitriles is 1. The molecule has 0 aliphatic heterocycles. The summed E-state index contributed by atoms with van der Waals surface area (Å²) in [6, 6.07) is 42.1. The van der Waals surface area contributed by atoms with Crippen LogP contribution in [0.2, 0.25) is 0 Å². The fraction of sp³-hybridized carbons (Fsp3) is 0.130. The van der Waals surface area contributed by atoms with Gasteiger partial charge in [0, 0.05) is 47.5 Å². The largest absolute Gasteiger partial charge is 0.496 e. The number of nitrogens with zero attached hydrogens (tertiary/aromatic N) is 2. The van der Waals surface area contributed by atoms with E-state index in [1.807, 2.05) is 48.5 Å². The van der Waals surface area contributed by atoms with Crippen LogP contribution in [-0.2, 0) is 26.4 Å². The van der Waals surface area contributed by atoms with Crippen molar-refractivity contribution in [3.63, 3.8) is 0 Å². The van der Waals surface area contributed by atoms with E-state index in [1.165, 1.54) is 0 Å².